The first kappa shape index (κ1) is 28.8. The minimum Gasteiger partial charge on any atom is -0.497 e. The van der Waals surface area contributed by atoms with Crippen molar-refractivity contribution < 1.29 is 19.0 Å². The zero-order valence-electron chi connectivity index (χ0n) is 23.4. The smallest absolute Gasteiger partial charge is 0.260 e. The van der Waals surface area contributed by atoms with Crippen LogP contribution in [0.4, 0.5) is 5.95 Å². The summed E-state index contributed by atoms with van der Waals surface area (Å²) in [4.78, 5) is 39.3. The molecule has 0 unspecified atom stereocenters. The second-order valence-corrected chi connectivity index (χ2v) is 10.6. The summed E-state index contributed by atoms with van der Waals surface area (Å²) in [7, 11) is 3.07. The molecule has 0 spiro atoms. The third-order valence-corrected chi connectivity index (χ3v) is 7.95. The molecular weight excluding hydrogens is 548 g/mol. The van der Waals surface area contributed by atoms with Crippen molar-refractivity contribution in [3.8, 4) is 22.6 Å². The average molecular weight is 583 g/mol. The van der Waals surface area contributed by atoms with E-state index in [4.69, 9.17) is 30.8 Å². The van der Waals surface area contributed by atoms with Gasteiger partial charge < -0.3 is 24.4 Å². The number of carbonyl (C=O) groups excluding carboxylic acids is 1. The number of ether oxygens (including phenoxy) is 3. The molecule has 1 amide bonds. The largest absolute Gasteiger partial charge is 0.497 e. The van der Waals surface area contributed by atoms with Crippen molar-refractivity contribution in [3.63, 3.8) is 0 Å². The zero-order valence-corrected chi connectivity index (χ0v) is 24.2. The highest BCUT2D eigenvalue weighted by atomic mass is 35.5. The molecule has 2 aliphatic heterocycles. The highest BCUT2D eigenvalue weighted by Crippen LogP contribution is 2.38. The molecule has 0 saturated carbocycles. The number of pyridine rings is 1. The Kier molecular flexibility index (Phi) is 9.06. The number of rotatable bonds is 11. The topological polar surface area (TPSA) is 111 Å². The number of hydrogen-bond acceptors (Lipinski definition) is 9. The monoisotopic (exact) mass is 582 g/mol. The normalized spacial score (nSPS) is 15.9. The van der Waals surface area contributed by atoms with Gasteiger partial charge in [0.2, 0.25) is 11.9 Å². The number of piperazine rings is 1. The molecule has 4 heterocycles. The first-order valence-electron chi connectivity index (χ1n) is 13.7. The standard InChI is InChI=1S/C29H35ClN6O5/c1-4-25(37)35-10-8-34(9-11-35)6-5-7-36-27-20(16-32-29(33-27)31-15-19-17-41-18-19)12-23(28(36)38)22-13-21(39-2)14-24(40-3)26(22)30/h4,12-14,16,19H,1,5-11,15,17-18H2,2-3H3,(H,31,32,33). The number of halogens is 1. The summed E-state index contributed by atoms with van der Waals surface area (Å²) in [6, 6.07) is 5.19. The molecule has 2 aliphatic rings. The van der Waals surface area contributed by atoms with Gasteiger partial charge in [0.25, 0.3) is 5.56 Å². The van der Waals surface area contributed by atoms with Crippen LogP contribution in [0.5, 0.6) is 11.5 Å². The summed E-state index contributed by atoms with van der Waals surface area (Å²) < 4.78 is 17.8. The van der Waals surface area contributed by atoms with E-state index in [0.717, 1.165) is 39.3 Å². The molecule has 11 nitrogen and oxygen atoms in total. The minimum absolute atomic E-state index is 0.0405. The number of anilines is 1. The van der Waals surface area contributed by atoms with Gasteiger partial charge >= 0.3 is 0 Å². The van der Waals surface area contributed by atoms with E-state index < -0.39 is 0 Å². The fraction of sp³-hybridized carbons (Fsp3) is 0.448. The van der Waals surface area contributed by atoms with E-state index >= 15 is 0 Å². The van der Waals surface area contributed by atoms with Crippen molar-refractivity contribution in [2.24, 2.45) is 5.92 Å². The summed E-state index contributed by atoms with van der Waals surface area (Å²) in [6.07, 6.45) is 3.80. The molecule has 0 bridgehead atoms. The van der Waals surface area contributed by atoms with Gasteiger partial charge in [0.05, 0.1) is 32.5 Å². The molecular formula is C29H35ClN6O5. The second-order valence-electron chi connectivity index (χ2n) is 10.2. The van der Waals surface area contributed by atoms with Crippen LogP contribution in [0.25, 0.3) is 22.2 Å². The van der Waals surface area contributed by atoms with Gasteiger partial charge in [-0.2, -0.15) is 4.98 Å². The summed E-state index contributed by atoms with van der Waals surface area (Å²) >= 11 is 6.69. The Balaban J connectivity index is 1.45. The van der Waals surface area contributed by atoms with Crippen LogP contribution in [0.2, 0.25) is 5.02 Å². The van der Waals surface area contributed by atoms with Crippen molar-refractivity contribution in [3.05, 3.63) is 52.4 Å². The Labute approximate surface area is 243 Å². The molecule has 218 valence electrons. The molecule has 3 aromatic rings. The number of aromatic nitrogens is 3. The second kappa shape index (κ2) is 12.9. The van der Waals surface area contributed by atoms with Gasteiger partial charge in [-0.3, -0.25) is 19.1 Å². The first-order valence-corrected chi connectivity index (χ1v) is 14.1. The number of hydrogen-bond donors (Lipinski definition) is 1. The SMILES string of the molecule is C=CC(=O)N1CCN(CCCn2c(=O)c(-c3cc(OC)cc(OC)c3Cl)cc3cnc(NCC4COC4)nc32)CC1. The quantitative estimate of drug-likeness (QED) is 0.341. The lowest BCUT2D eigenvalue weighted by Crippen LogP contribution is -2.48. The number of aryl methyl sites for hydroxylation is 1. The van der Waals surface area contributed by atoms with Crippen molar-refractivity contribution in [1.29, 1.82) is 0 Å². The van der Waals surface area contributed by atoms with E-state index in [2.05, 4.69) is 21.8 Å². The minimum atomic E-state index is -0.215. The number of carbonyl (C=O) groups is 1. The van der Waals surface area contributed by atoms with Crippen molar-refractivity contribution in [2.45, 2.75) is 13.0 Å². The highest BCUT2D eigenvalue weighted by Gasteiger charge is 2.22. The number of benzene rings is 1. The molecule has 12 heteroatoms. The van der Waals surface area contributed by atoms with Gasteiger partial charge in [-0.05, 0) is 31.2 Å². The van der Waals surface area contributed by atoms with Gasteiger partial charge in [-0.25, -0.2) is 4.98 Å². The Morgan fingerprint density at radius 3 is 2.59 bits per heavy atom. The van der Waals surface area contributed by atoms with Crippen LogP contribution in [-0.4, -0.2) is 96.9 Å². The van der Waals surface area contributed by atoms with Crippen LogP contribution in [0.1, 0.15) is 6.42 Å². The van der Waals surface area contributed by atoms with E-state index in [9.17, 15) is 9.59 Å². The predicted molar refractivity (Wildman–Crippen MR) is 158 cm³/mol. The van der Waals surface area contributed by atoms with Gasteiger partial charge in [-0.15, -0.1) is 0 Å². The summed E-state index contributed by atoms with van der Waals surface area (Å²) in [6.45, 7) is 9.81. The molecule has 1 N–H and O–H groups in total. The van der Waals surface area contributed by atoms with E-state index in [-0.39, 0.29) is 11.5 Å². The van der Waals surface area contributed by atoms with Gasteiger partial charge in [0.1, 0.15) is 17.1 Å². The summed E-state index contributed by atoms with van der Waals surface area (Å²) in [5, 5.41) is 4.32. The Morgan fingerprint density at radius 1 is 1.15 bits per heavy atom. The molecule has 1 aromatic carbocycles. The van der Waals surface area contributed by atoms with Crippen LogP contribution < -0.4 is 20.3 Å². The first-order chi connectivity index (χ1) is 19.9. The van der Waals surface area contributed by atoms with E-state index in [1.807, 2.05) is 0 Å². The Bertz CT molecular complexity index is 1480. The predicted octanol–water partition coefficient (Wildman–Crippen LogP) is 2.91. The van der Waals surface area contributed by atoms with Crippen LogP contribution in [0.15, 0.2) is 41.8 Å². The van der Waals surface area contributed by atoms with Gasteiger partial charge in [-0.1, -0.05) is 18.2 Å². The van der Waals surface area contributed by atoms with Crippen molar-refractivity contribution >= 4 is 34.5 Å². The maximum Gasteiger partial charge on any atom is 0.260 e. The maximum absolute atomic E-state index is 14.1. The van der Waals surface area contributed by atoms with Crippen LogP contribution in [0, 0.1) is 5.92 Å². The fourth-order valence-corrected chi connectivity index (χ4v) is 5.38. The molecule has 2 aromatic heterocycles. The third-order valence-electron chi connectivity index (χ3n) is 7.56. The van der Waals surface area contributed by atoms with Crippen LogP contribution >= 0.6 is 11.6 Å². The van der Waals surface area contributed by atoms with E-state index in [1.54, 1.807) is 41.0 Å². The number of nitrogens with zero attached hydrogens (tertiary/aromatic N) is 5. The molecule has 2 saturated heterocycles. The number of nitrogens with one attached hydrogen (secondary N) is 1. The van der Waals surface area contributed by atoms with Crippen LogP contribution in [0.3, 0.4) is 0 Å². The lowest BCUT2D eigenvalue weighted by atomic mass is 10.0. The molecule has 2 fully saturated rings. The van der Waals surface area contributed by atoms with Gasteiger partial charge in [0, 0.05) is 74.0 Å². The number of fused-ring (bicyclic) bond motifs is 1. The van der Waals surface area contributed by atoms with Crippen LogP contribution in [-0.2, 0) is 16.1 Å². The molecule has 41 heavy (non-hydrogen) atoms. The number of methoxy groups -OCH3 is 2. The third kappa shape index (κ3) is 6.32. The molecule has 0 aliphatic carbocycles. The molecule has 5 rings (SSSR count). The molecule has 0 radical (unpaired) electrons. The average Bonchev–Trinajstić information content (AvgIpc) is 2.97. The Morgan fingerprint density at radius 2 is 1.93 bits per heavy atom. The van der Waals surface area contributed by atoms with Crippen molar-refractivity contribution in [1.82, 2.24) is 24.3 Å². The van der Waals surface area contributed by atoms with E-state index in [0.29, 0.717) is 76.7 Å². The van der Waals surface area contributed by atoms with Crippen molar-refractivity contribution in [2.75, 3.05) is 72.0 Å². The summed E-state index contributed by atoms with van der Waals surface area (Å²) in [5.41, 5.74) is 1.26. The lowest BCUT2D eigenvalue weighted by Gasteiger charge is -2.34. The number of amides is 1. The Hall–Kier alpha value is -3.67. The van der Waals surface area contributed by atoms with E-state index in [1.165, 1.54) is 13.2 Å². The summed E-state index contributed by atoms with van der Waals surface area (Å²) in [5.74, 6) is 1.79. The maximum atomic E-state index is 14.1. The van der Waals surface area contributed by atoms with Gasteiger partial charge in [0.15, 0.2) is 0 Å². The lowest BCUT2D eigenvalue weighted by molar-refractivity contribution is -0.127. The zero-order chi connectivity index (χ0) is 28.9. The fourth-order valence-electron chi connectivity index (χ4n) is 5.09. The molecule has 0 atom stereocenters. The highest BCUT2D eigenvalue weighted by molar-refractivity contribution is 6.35.